The average Bonchev–Trinajstić information content (AvgIpc) is 3.55. The Morgan fingerprint density at radius 1 is 1.31 bits per heavy atom. The molecule has 6 rings (SSSR count). The van der Waals surface area contributed by atoms with Crippen molar-refractivity contribution in [2.24, 2.45) is 7.05 Å². The molecule has 11 heteroatoms. The van der Waals surface area contributed by atoms with Crippen molar-refractivity contribution in [2.75, 3.05) is 18.4 Å². The van der Waals surface area contributed by atoms with Crippen molar-refractivity contribution in [1.29, 1.82) is 0 Å². The van der Waals surface area contributed by atoms with Crippen LogP contribution in [0.3, 0.4) is 0 Å². The Labute approximate surface area is 204 Å². The van der Waals surface area contributed by atoms with E-state index in [0.717, 1.165) is 34.9 Å². The summed E-state index contributed by atoms with van der Waals surface area (Å²) in [5.74, 6) is -0.0672. The number of nitrogens with zero attached hydrogens (tertiary/aromatic N) is 6. The van der Waals surface area contributed by atoms with Gasteiger partial charge < -0.3 is 10.3 Å². The van der Waals surface area contributed by atoms with Crippen LogP contribution in [0, 0.1) is 0 Å². The fourth-order valence-electron chi connectivity index (χ4n) is 4.99. The van der Waals surface area contributed by atoms with Gasteiger partial charge in [0.15, 0.2) is 0 Å². The lowest BCUT2D eigenvalue weighted by molar-refractivity contribution is -0.116. The number of fused-ring (bicyclic) bond motifs is 5. The summed E-state index contributed by atoms with van der Waals surface area (Å²) in [7, 11) is 1.88. The fourth-order valence-corrected chi connectivity index (χ4v) is 6.13. The topological polar surface area (TPSA) is 113 Å². The third-order valence-corrected chi connectivity index (χ3v) is 8.06. The van der Waals surface area contributed by atoms with Crippen LogP contribution < -0.4 is 10.9 Å². The summed E-state index contributed by atoms with van der Waals surface area (Å²) in [4.78, 5) is 37.2. The highest BCUT2D eigenvalue weighted by Gasteiger charge is 2.31. The lowest BCUT2D eigenvalue weighted by Crippen LogP contribution is -2.39. The predicted octanol–water partition coefficient (Wildman–Crippen LogP) is 3.39. The fraction of sp³-hybridized carbons (Fsp3) is 0.375. The summed E-state index contributed by atoms with van der Waals surface area (Å²) in [5.41, 5.74) is 3.10. The summed E-state index contributed by atoms with van der Waals surface area (Å²) < 4.78 is 3.51. The first kappa shape index (κ1) is 21.9. The summed E-state index contributed by atoms with van der Waals surface area (Å²) in [6.45, 7) is 6.20. The minimum Gasteiger partial charge on any atom is -0.325 e. The predicted molar refractivity (Wildman–Crippen MR) is 137 cm³/mol. The first-order valence-corrected chi connectivity index (χ1v) is 12.5. The summed E-state index contributed by atoms with van der Waals surface area (Å²) >= 11 is 1.49. The van der Waals surface area contributed by atoms with Crippen molar-refractivity contribution < 1.29 is 4.79 Å². The Morgan fingerprint density at radius 3 is 2.91 bits per heavy atom. The number of aromatic nitrogens is 6. The zero-order valence-electron chi connectivity index (χ0n) is 19.8. The van der Waals surface area contributed by atoms with Gasteiger partial charge in [-0.25, -0.2) is 4.52 Å². The molecule has 0 spiro atoms. The standard InChI is InChI=1S/C24H26N8O2S/c1-24(2)7-4-9-31(24)10-6-18(33)27-14-11-15-20(25-12-14)21-19(22(34)28-15)23-32(29-21)13-17(35-23)16-5-8-26-30(16)3/h5,8,11-13H,4,6-7,9-10H2,1-3H3,(H,27,33)(H,28,34). The van der Waals surface area contributed by atoms with Crippen LogP contribution >= 0.6 is 11.3 Å². The van der Waals surface area contributed by atoms with Gasteiger partial charge >= 0.3 is 0 Å². The number of H-pyrrole nitrogens is 1. The number of likely N-dealkylation sites (tertiary alicyclic amines) is 1. The summed E-state index contributed by atoms with van der Waals surface area (Å²) in [6.07, 6.45) is 7.99. The molecule has 0 radical (unpaired) electrons. The molecular weight excluding hydrogens is 464 g/mol. The molecule has 0 saturated carbocycles. The van der Waals surface area contributed by atoms with Crippen molar-refractivity contribution in [3.8, 4) is 10.6 Å². The van der Waals surface area contributed by atoms with Crippen LogP contribution in [0.5, 0.6) is 0 Å². The molecule has 0 aliphatic carbocycles. The van der Waals surface area contributed by atoms with E-state index in [2.05, 4.69) is 44.2 Å². The first-order valence-electron chi connectivity index (χ1n) is 11.7. The molecule has 1 amide bonds. The molecule has 1 fully saturated rings. The molecule has 0 atom stereocenters. The highest BCUT2D eigenvalue weighted by atomic mass is 32.1. The van der Waals surface area contributed by atoms with E-state index in [1.807, 2.05) is 19.3 Å². The maximum atomic E-state index is 13.0. The molecule has 0 bridgehead atoms. The number of nitrogens with one attached hydrogen (secondary N) is 2. The highest BCUT2D eigenvalue weighted by molar-refractivity contribution is 7.21. The van der Waals surface area contributed by atoms with E-state index in [-0.39, 0.29) is 17.0 Å². The Hall–Kier alpha value is -3.57. The lowest BCUT2D eigenvalue weighted by Gasteiger charge is -2.31. The number of hydrogen-bond donors (Lipinski definition) is 2. The van der Waals surface area contributed by atoms with Crippen molar-refractivity contribution in [3.05, 3.63) is 41.1 Å². The van der Waals surface area contributed by atoms with Gasteiger partial charge in [0, 0.05) is 37.9 Å². The Balaban J connectivity index is 1.28. The van der Waals surface area contributed by atoms with E-state index in [9.17, 15) is 9.59 Å². The number of anilines is 1. The van der Waals surface area contributed by atoms with E-state index in [0.29, 0.717) is 34.0 Å². The number of aromatic amines is 1. The summed E-state index contributed by atoms with van der Waals surface area (Å²) in [5, 5.41) is 12.3. The maximum Gasteiger partial charge on any atom is 0.261 e. The van der Waals surface area contributed by atoms with Gasteiger partial charge in [-0.1, -0.05) is 0 Å². The average molecular weight is 491 g/mol. The van der Waals surface area contributed by atoms with Gasteiger partial charge in [0.1, 0.15) is 21.3 Å². The number of thiazole rings is 1. The first-order chi connectivity index (χ1) is 16.8. The zero-order chi connectivity index (χ0) is 24.3. The van der Waals surface area contributed by atoms with Crippen LogP contribution in [-0.4, -0.2) is 58.8 Å². The number of aryl methyl sites for hydroxylation is 1. The van der Waals surface area contributed by atoms with E-state index >= 15 is 0 Å². The van der Waals surface area contributed by atoms with Crippen LogP contribution in [0.25, 0.3) is 37.3 Å². The highest BCUT2D eigenvalue weighted by Crippen LogP contribution is 2.33. The molecule has 1 aliphatic rings. The number of carbonyl (C=O) groups excluding carboxylic acids is 1. The molecule has 2 N–H and O–H groups in total. The lowest BCUT2D eigenvalue weighted by atomic mass is 10.0. The van der Waals surface area contributed by atoms with Crippen LogP contribution in [0.2, 0.25) is 0 Å². The van der Waals surface area contributed by atoms with Crippen molar-refractivity contribution in [2.45, 2.75) is 38.6 Å². The molecule has 0 unspecified atom stereocenters. The molecular formula is C24H26N8O2S. The van der Waals surface area contributed by atoms with Crippen LogP contribution in [0.4, 0.5) is 5.69 Å². The third kappa shape index (κ3) is 3.71. The normalized spacial score (nSPS) is 16.1. The molecule has 6 heterocycles. The van der Waals surface area contributed by atoms with Crippen molar-refractivity contribution >= 4 is 49.7 Å². The quantitative estimate of drug-likeness (QED) is 0.390. The van der Waals surface area contributed by atoms with Gasteiger partial charge in [-0.15, -0.1) is 11.3 Å². The second kappa shape index (κ2) is 7.99. The minimum absolute atomic E-state index is 0.0672. The van der Waals surface area contributed by atoms with E-state index in [4.69, 9.17) is 0 Å². The van der Waals surface area contributed by atoms with E-state index in [1.165, 1.54) is 17.8 Å². The largest absolute Gasteiger partial charge is 0.325 e. The number of rotatable bonds is 5. The molecule has 10 nitrogen and oxygen atoms in total. The molecule has 35 heavy (non-hydrogen) atoms. The molecule has 180 valence electrons. The molecule has 5 aromatic heterocycles. The Kier molecular flexibility index (Phi) is 5.01. The smallest absolute Gasteiger partial charge is 0.261 e. The zero-order valence-corrected chi connectivity index (χ0v) is 20.6. The second-order valence-electron chi connectivity index (χ2n) is 9.68. The van der Waals surface area contributed by atoms with Crippen molar-refractivity contribution in [3.63, 3.8) is 0 Å². The Morgan fingerprint density at radius 2 is 2.17 bits per heavy atom. The van der Waals surface area contributed by atoms with Gasteiger partial charge in [-0.2, -0.15) is 10.2 Å². The van der Waals surface area contributed by atoms with Gasteiger partial charge in [0.25, 0.3) is 5.56 Å². The monoisotopic (exact) mass is 490 g/mol. The van der Waals surface area contributed by atoms with Gasteiger partial charge in [-0.05, 0) is 45.4 Å². The van der Waals surface area contributed by atoms with Gasteiger partial charge in [-0.3, -0.25) is 24.2 Å². The van der Waals surface area contributed by atoms with E-state index in [1.54, 1.807) is 27.7 Å². The van der Waals surface area contributed by atoms with Crippen LogP contribution in [0.1, 0.15) is 33.1 Å². The van der Waals surface area contributed by atoms with Gasteiger partial charge in [0.05, 0.1) is 28.0 Å². The molecule has 1 saturated heterocycles. The molecule has 5 aromatic rings. The Bertz CT molecular complexity index is 1660. The molecule has 0 aromatic carbocycles. The second-order valence-corrected chi connectivity index (χ2v) is 10.7. The number of carbonyl (C=O) groups is 1. The summed E-state index contributed by atoms with van der Waals surface area (Å²) in [6, 6.07) is 3.67. The van der Waals surface area contributed by atoms with E-state index < -0.39 is 0 Å². The maximum absolute atomic E-state index is 13.0. The number of amides is 1. The van der Waals surface area contributed by atoms with Crippen LogP contribution in [0.15, 0.2) is 35.5 Å². The number of hydrogen-bond acceptors (Lipinski definition) is 7. The minimum atomic E-state index is -0.234. The third-order valence-electron chi connectivity index (χ3n) is 6.94. The molecule has 1 aliphatic heterocycles. The number of pyridine rings is 2. The van der Waals surface area contributed by atoms with Crippen molar-refractivity contribution in [1.82, 2.24) is 34.3 Å². The van der Waals surface area contributed by atoms with Gasteiger partial charge in [0.2, 0.25) is 5.91 Å². The van der Waals surface area contributed by atoms with Crippen LogP contribution in [-0.2, 0) is 11.8 Å². The SMILES string of the molecule is Cn1nccc1-c1cn2nc3c4ncc(NC(=O)CCN5CCCC5(C)C)cc4[nH]c(=O)c3c2s1.